The van der Waals surface area contributed by atoms with Crippen LogP contribution in [0.3, 0.4) is 0 Å². The molecule has 0 saturated heterocycles. The SMILES string of the molecule is CC.O=C(/C=C/C(F)(F)F)c1ccc(Cl)c(Cl)c1. The second-order valence-corrected chi connectivity index (χ2v) is 3.68. The summed E-state index contributed by atoms with van der Waals surface area (Å²) in [6.07, 6.45) is -4.19. The van der Waals surface area contributed by atoms with Gasteiger partial charge in [-0.15, -0.1) is 0 Å². The minimum atomic E-state index is -4.51. The molecule has 0 atom stereocenters. The molecule has 0 radical (unpaired) electrons. The third-order valence-corrected chi connectivity index (χ3v) is 2.37. The number of benzene rings is 1. The number of rotatable bonds is 2. The minimum absolute atomic E-state index is 0.0508. The Labute approximate surface area is 113 Å². The van der Waals surface area contributed by atoms with E-state index in [1.54, 1.807) is 0 Å². The van der Waals surface area contributed by atoms with Crippen LogP contribution in [0.25, 0.3) is 0 Å². The average Bonchev–Trinajstić information content (AvgIpc) is 2.31. The van der Waals surface area contributed by atoms with Crippen molar-refractivity contribution in [2.45, 2.75) is 20.0 Å². The minimum Gasteiger partial charge on any atom is -0.289 e. The molecule has 1 aromatic carbocycles. The molecule has 0 aliphatic carbocycles. The lowest BCUT2D eigenvalue weighted by molar-refractivity contribution is -0.0799. The van der Waals surface area contributed by atoms with Crippen molar-refractivity contribution in [2.24, 2.45) is 0 Å². The third kappa shape index (κ3) is 6.07. The molecule has 0 spiro atoms. The highest BCUT2D eigenvalue weighted by Crippen LogP contribution is 2.23. The summed E-state index contributed by atoms with van der Waals surface area (Å²) in [4.78, 5) is 11.3. The van der Waals surface area contributed by atoms with Gasteiger partial charge in [-0.2, -0.15) is 13.2 Å². The van der Waals surface area contributed by atoms with Gasteiger partial charge < -0.3 is 0 Å². The zero-order chi connectivity index (χ0) is 14.3. The van der Waals surface area contributed by atoms with E-state index >= 15 is 0 Å². The van der Waals surface area contributed by atoms with Crippen LogP contribution in [0.5, 0.6) is 0 Å². The van der Waals surface area contributed by atoms with Crippen molar-refractivity contribution in [3.05, 3.63) is 46.0 Å². The van der Waals surface area contributed by atoms with Crippen LogP contribution in [0.1, 0.15) is 24.2 Å². The van der Waals surface area contributed by atoms with Crippen LogP contribution >= 0.6 is 23.2 Å². The summed E-state index contributed by atoms with van der Waals surface area (Å²) in [6, 6.07) is 3.86. The second-order valence-electron chi connectivity index (χ2n) is 2.87. The molecule has 0 bridgehead atoms. The molecule has 0 heterocycles. The molecular weight excluding hydrogens is 288 g/mol. The molecule has 0 N–H and O–H groups in total. The van der Waals surface area contributed by atoms with Gasteiger partial charge in [-0.1, -0.05) is 37.0 Å². The average molecular weight is 299 g/mol. The van der Waals surface area contributed by atoms with Gasteiger partial charge in [-0.25, -0.2) is 0 Å². The number of ketones is 1. The van der Waals surface area contributed by atoms with Crippen molar-refractivity contribution in [1.29, 1.82) is 0 Å². The van der Waals surface area contributed by atoms with E-state index in [2.05, 4.69) is 0 Å². The van der Waals surface area contributed by atoms with Crippen LogP contribution < -0.4 is 0 Å². The van der Waals surface area contributed by atoms with Crippen molar-refractivity contribution < 1.29 is 18.0 Å². The van der Waals surface area contributed by atoms with E-state index in [0.29, 0.717) is 6.08 Å². The quantitative estimate of drug-likeness (QED) is 0.533. The molecule has 100 valence electrons. The van der Waals surface area contributed by atoms with E-state index in [0.717, 1.165) is 0 Å². The van der Waals surface area contributed by atoms with Gasteiger partial charge in [0.1, 0.15) is 0 Å². The number of halogens is 5. The number of hydrogen-bond donors (Lipinski definition) is 0. The Balaban J connectivity index is 0.00000137. The fraction of sp³-hybridized carbons (Fsp3) is 0.250. The second kappa shape index (κ2) is 7.44. The summed E-state index contributed by atoms with van der Waals surface area (Å²) in [5.41, 5.74) is 0.0508. The van der Waals surface area contributed by atoms with Crippen LogP contribution in [-0.4, -0.2) is 12.0 Å². The monoisotopic (exact) mass is 298 g/mol. The molecule has 0 aliphatic rings. The number of allylic oxidation sites excluding steroid dienone is 2. The zero-order valence-electron chi connectivity index (χ0n) is 9.68. The lowest BCUT2D eigenvalue weighted by atomic mass is 10.1. The molecule has 0 unspecified atom stereocenters. The molecule has 18 heavy (non-hydrogen) atoms. The summed E-state index contributed by atoms with van der Waals surface area (Å²) in [6.45, 7) is 4.00. The molecule has 0 saturated carbocycles. The van der Waals surface area contributed by atoms with Gasteiger partial charge in [0, 0.05) is 11.6 Å². The van der Waals surface area contributed by atoms with Gasteiger partial charge >= 0.3 is 6.18 Å². The lowest BCUT2D eigenvalue weighted by Gasteiger charge is -2.00. The highest BCUT2D eigenvalue weighted by atomic mass is 35.5. The van der Waals surface area contributed by atoms with Gasteiger partial charge in [0.05, 0.1) is 10.0 Å². The van der Waals surface area contributed by atoms with E-state index in [-0.39, 0.29) is 21.7 Å². The fourth-order valence-electron chi connectivity index (χ4n) is 0.916. The summed E-state index contributed by atoms with van der Waals surface area (Å²) in [5, 5.41) is 0.353. The summed E-state index contributed by atoms with van der Waals surface area (Å²) >= 11 is 11.2. The van der Waals surface area contributed by atoms with Crippen molar-refractivity contribution in [1.82, 2.24) is 0 Å². The van der Waals surface area contributed by atoms with E-state index in [1.165, 1.54) is 18.2 Å². The zero-order valence-corrected chi connectivity index (χ0v) is 11.2. The highest BCUT2D eigenvalue weighted by Gasteiger charge is 2.22. The van der Waals surface area contributed by atoms with Crippen LogP contribution in [0.4, 0.5) is 13.2 Å². The molecule has 1 nitrogen and oxygen atoms in total. The maximum absolute atomic E-state index is 11.8. The van der Waals surface area contributed by atoms with E-state index in [4.69, 9.17) is 23.2 Å². The van der Waals surface area contributed by atoms with Crippen LogP contribution in [-0.2, 0) is 0 Å². The maximum atomic E-state index is 11.8. The van der Waals surface area contributed by atoms with Crippen molar-refractivity contribution in [3.63, 3.8) is 0 Å². The molecule has 0 aromatic heterocycles. The molecule has 0 amide bonds. The van der Waals surface area contributed by atoms with Gasteiger partial charge in [0.15, 0.2) is 5.78 Å². The molecule has 0 aliphatic heterocycles. The Morgan fingerprint density at radius 1 is 1.17 bits per heavy atom. The summed E-state index contributed by atoms with van der Waals surface area (Å²) in [5.74, 6) is -0.782. The maximum Gasteiger partial charge on any atom is 0.409 e. The van der Waals surface area contributed by atoms with Crippen LogP contribution in [0, 0.1) is 0 Å². The smallest absolute Gasteiger partial charge is 0.289 e. The normalized spacial score (nSPS) is 11.1. The highest BCUT2D eigenvalue weighted by molar-refractivity contribution is 6.42. The largest absolute Gasteiger partial charge is 0.409 e. The molecule has 0 fully saturated rings. The number of carbonyl (C=O) groups excluding carboxylic acids is 1. The Bertz CT molecular complexity index is 439. The molecule has 1 aromatic rings. The first-order valence-electron chi connectivity index (χ1n) is 5.05. The van der Waals surface area contributed by atoms with Gasteiger partial charge in [-0.05, 0) is 24.3 Å². The Morgan fingerprint density at radius 3 is 2.17 bits per heavy atom. The van der Waals surface area contributed by atoms with Gasteiger partial charge in [-0.3, -0.25) is 4.79 Å². The lowest BCUT2D eigenvalue weighted by Crippen LogP contribution is -2.03. The first-order valence-corrected chi connectivity index (χ1v) is 5.80. The number of carbonyl (C=O) groups is 1. The Hall–Kier alpha value is -1.00. The van der Waals surface area contributed by atoms with E-state index in [9.17, 15) is 18.0 Å². The summed E-state index contributed by atoms with van der Waals surface area (Å²) in [7, 11) is 0. The van der Waals surface area contributed by atoms with Crippen molar-refractivity contribution >= 4 is 29.0 Å². The van der Waals surface area contributed by atoms with Crippen molar-refractivity contribution in [3.8, 4) is 0 Å². The molecular formula is C12H11Cl2F3O. The third-order valence-electron chi connectivity index (χ3n) is 1.63. The first kappa shape index (κ1) is 17.0. The Kier molecular flexibility index (Phi) is 7.02. The standard InChI is InChI=1S/C10H5Cl2F3O.C2H6/c11-7-2-1-6(5-8(7)12)9(16)3-4-10(13,14)15;1-2/h1-5H;1-2H3/b4-3+;. The van der Waals surface area contributed by atoms with Gasteiger partial charge in [0.2, 0.25) is 0 Å². The fourth-order valence-corrected chi connectivity index (χ4v) is 1.21. The van der Waals surface area contributed by atoms with Gasteiger partial charge in [0.25, 0.3) is 0 Å². The predicted molar refractivity (Wildman–Crippen MR) is 67.3 cm³/mol. The predicted octanol–water partition coefficient (Wildman–Crippen LogP) is 5.32. The summed E-state index contributed by atoms with van der Waals surface area (Å²) < 4.78 is 35.4. The molecule has 6 heteroatoms. The van der Waals surface area contributed by atoms with E-state index in [1.807, 2.05) is 13.8 Å². The number of hydrogen-bond acceptors (Lipinski definition) is 1. The molecule has 1 rings (SSSR count). The van der Waals surface area contributed by atoms with Crippen LogP contribution in [0.2, 0.25) is 10.0 Å². The topological polar surface area (TPSA) is 17.1 Å². The van der Waals surface area contributed by atoms with Crippen molar-refractivity contribution in [2.75, 3.05) is 0 Å². The van der Waals surface area contributed by atoms with E-state index < -0.39 is 12.0 Å². The number of alkyl halides is 3. The Morgan fingerprint density at radius 2 is 1.72 bits per heavy atom. The first-order chi connectivity index (χ1) is 8.29. The van der Waals surface area contributed by atoms with Crippen LogP contribution in [0.15, 0.2) is 30.4 Å².